The van der Waals surface area contributed by atoms with E-state index in [0.29, 0.717) is 5.69 Å². The van der Waals surface area contributed by atoms with Gasteiger partial charge < -0.3 is 5.11 Å². The summed E-state index contributed by atoms with van der Waals surface area (Å²) in [6.07, 6.45) is 1.32. The lowest BCUT2D eigenvalue weighted by Crippen LogP contribution is -2.18. The molecule has 1 aromatic carbocycles. The molecule has 0 unspecified atom stereocenters. The first-order chi connectivity index (χ1) is 8.49. The Kier molecular flexibility index (Phi) is 3.86. The van der Waals surface area contributed by atoms with Crippen molar-refractivity contribution in [3.63, 3.8) is 0 Å². The van der Waals surface area contributed by atoms with Crippen molar-refractivity contribution in [2.45, 2.75) is 0 Å². The average molecular weight is 420 g/mol. The standard InChI is InChI=1S/C12H7BrINO3/c13-9-5-8(14)2-3-10(9)15-6-7(12(17)18)1-4-11(15)16/h1-6H,(H,17,18). The molecule has 0 aliphatic heterocycles. The summed E-state index contributed by atoms with van der Waals surface area (Å²) in [5, 5.41) is 8.93. The number of nitrogens with zero attached hydrogens (tertiary/aromatic N) is 1. The molecule has 2 rings (SSSR count). The van der Waals surface area contributed by atoms with Crippen LogP contribution in [0.5, 0.6) is 0 Å². The molecule has 6 heteroatoms. The highest BCUT2D eigenvalue weighted by atomic mass is 127. The zero-order chi connectivity index (χ0) is 13.3. The zero-order valence-corrected chi connectivity index (χ0v) is 12.7. The van der Waals surface area contributed by atoms with E-state index < -0.39 is 5.97 Å². The van der Waals surface area contributed by atoms with Crippen LogP contribution in [0.15, 0.2) is 45.8 Å². The molecular weight excluding hydrogens is 413 g/mol. The number of aromatic carboxylic acids is 1. The van der Waals surface area contributed by atoms with Crippen molar-refractivity contribution in [1.82, 2.24) is 4.57 Å². The molecule has 0 saturated carbocycles. The van der Waals surface area contributed by atoms with Gasteiger partial charge in [-0.25, -0.2) is 4.79 Å². The molecule has 0 spiro atoms. The summed E-state index contributed by atoms with van der Waals surface area (Å²) in [5.41, 5.74) is 0.408. The van der Waals surface area contributed by atoms with Crippen molar-refractivity contribution < 1.29 is 9.90 Å². The third-order valence-electron chi connectivity index (χ3n) is 2.33. The fourth-order valence-corrected chi connectivity index (χ4v) is 2.97. The number of aromatic nitrogens is 1. The second kappa shape index (κ2) is 5.23. The van der Waals surface area contributed by atoms with E-state index in [1.807, 2.05) is 12.1 Å². The minimum atomic E-state index is -1.06. The van der Waals surface area contributed by atoms with Crippen LogP contribution >= 0.6 is 38.5 Å². The highest BCUT2D eigenvalue weighted by Crippen LogP contribution is 2.22. The van der Waals surface area contributed by atoms with Crippen LogP contribution in [-0.4, -0.2) is 15.6 Å². The van der Waals surface area contributed by atoms with E-state index in [2.05, 4.69) is 38.5 Å². The van der Waals surface area contributed by atoms with Crippen molar-refractivity contribution in [2.75, 3.05) is 0 Å². The van der Waals surface area contributed by atoms with Gasteiger partial charge in [-0.15, -0.1) is 0 Å². The predicted molar refractivity (Wildman–Crippen MR) is 79.4 cm³/mol. The molecule has 1 N–H and O–H groups in total. The lowest BCUT2D eigenvalue weighted by molar-refractivity contribution is 0.0696. The van der Waals surface area contributed by atoms with Gasteiger partial charge in [0.1, 0.15) is 0 Å². The molecule has 18 heavy (non-hydrogen) atoms. The minimum absolute atomic E-state index is 0.0695. The fourth-order valence-electron chi connectivity index (χ4n) is 1.48. The lowest BCUT2D eigenvalue weighted by atomic mass is 10.2. The summed E-state index contributed by atoms with van der Waals surface area (Å²) in [6.45, 7) is 0. The van der Waals surface area contributed by atoms with Gasteiger partial charge >= 0.3 is 5.97 Å². The second-order valence-corrected chi connectivity index (χ2v) is 5.63. The Morgan fingerprint density at radius 2 is 2.00 bits per heavy atom. The molecule has 0 amide bonds. The summed E-state index contributed by atoms with van der Waals surface area (Å²) in [7, 11) is 0. The summed E-state index contributed by atoms with van der Waals surface area (Å²) in [4.78, 5) is 22.7. The maximum Gasteiger partial charge on any atom is 0.337 e. The first-order valence-corrected chi connectivity index (χ1v) is 6.77. The summed E-state index contributed by atoms with van der Waals surface area (Å²) < 4.78 is 3.06. The number of carboxylic acids is 1. The maximum atomic E-state index is 11.8. The molecule has 0 aliphatic carbocycles. The molecule has 0 aliphatic rings. The van der Waals surface area contributed by atoms with Crippen LogP contribution in [0.1, 0.15) is 10.4 Å². The van der Waals surface area contributed by atoms with Crippen LogP contribution in [0.25, 0.3) is 5.69 Å². The van der Waals surface area contributed by atoms with Crippen molar-refractivity contribution in [3.8, 4) is 5.69 Å². The Balaban J connectivity index is 2.66. The first kappa shape index (κ1) is 13.3. The Morgan fingerprint density at radius 1 is 1.28 bits per heavy atom. The van der Waals surface area contributed by atoms with Crippen molar-refractivity contribution >= 4 is 44.5 Å². The number of pyridine rings is 1. The van der Waals surface area contributed by atoms with Gasteiger partial charge in [0.25, 0.3) is 5.56 Å². The predicted octanol–water partition coefficient (Wildman–Crippen LogP) is 2.90. The third-order valence-corrected chi connectivity index (χ3v) is 3.63. The van der Waals surface area contributed by atoms with Crippen LogP contribution in [-0.2, 0) is 0 Å². The van der Waals surface area contributed by atoms with Gasteiger partial charge in [0.2, 0.25) is 0 Å². The van der Waals surface area contributed by atoms with E-state index in [1.54, 1.807) is 6.07 Å². The molecule has 0 fully saturated rings. The minimum Gasteiger partial charge on any atom is -0.478 e. The van der Waals surface area contributed by atoms with Gasteiger partial charge in [-0.05, 0) is 62.8 Å². The van der Waals surface area contributed by atoms with E-state index >= 15 is 0 Å². The van der Waals surface area contributed by atoms with Crippen LogP contribution in [0, 0.1) is 3.57 Å². The fraction of sp³-hybridized carbons (Fsp3) is 0. The molecule has 0 saturated heterocycles. The van der Waals surface area contributed by atoms with Gasteiger partial charge in [0, 0.05) is 20.3 Å². The van der Waals surface area contributed by atoms with E-state index in [0.717, 1.165) is 8.04 Å². The van der Waals surface area contributed by atoms with Gasteiger partial charge in [-0.3, -0.25) is 9.36 Å². The largest absolute Gasteiger partial charge is 0.478 e. The van der Waals surface area contributed by atoms with Crippen LogP contribution in [0.4, 0.5) is 0 Å². The smallest absolute Gasteiger partial charge is 0.337 e. The number of hydrogen-bond donors (Lipinski definition) is 1. The van der Waals surface area contributed by atoms with Gasteiger partial charge in [0.15, 0.2) is 0 Å². The zero-order valence-electron chi connectivity index (χ0n) is 8.93. The Hall–Kier alpha value is -1.15. The molecular formula is C12H7BrINO3. The number of rotatable bonds is 2. The highest BCUT2D eigenvalue weighted by Gasteiger charge is 2.09. The average Bonchev–Trinajstić information content (AvgIpc) is 2.30. The Morgan fingerprint density at radius 3 is 2.61 bits per heavy atom. The topological polar surface area (TPSA) is 59.3 Å². The number of halogens is 2. The molecule has 0 radical (unpaired) electrons. The number of hydrogen-bond acceptors (Lipinski definition) is 2. The molecule has 4 nitrogen and oxygen atoms in total. The Bertz CT molecular complexity index is 681. The third kappa shape index (κ3) is 2.64. The van der Waals surface area contributed by atoms with E-state index in [9.17, 15) is 9.59 Å². The monoisotopic (exact) mass is 419 g/mol. The van der Waals surface area contributed by atoms with E-state index in [4.69, 9.17) is 5.11 Å². The van der Waals surface area contributed by atoms with Crippen LogP contribution < -0.4 is 5.56 Å². The summed E-state index contributed by atoms with van der Waals surface area (Å²) >= 11 is 5.52. The molecule has 1 heterocycles. The van der Waals surface area contributed by atoms with Crippen molar-refractivity contribution in [1.29, 1.82) is 0 Å². The maximum absolute atomic E-state index is 11.8. The molecule has 92 valence electrons. The summed E-state index contributed by atoms with van der Waals surface area (Å²) in [5.74, 6) is -1.06. The van der Waals surface area contributed by atoms with E-state index in [1.165, 1.54) is 22.9 Å². The molecule has 0 atom stereocenters. The molecule has 2 aromatic rings. The molecule has 0 bridgehead atoms. The lowest BCUT2D eigenvalue weighted by Gasteiger charge is -2.09. The molecule has 1 aromatic heterocycles. The quantitative estimate of drug-likeness (QED) is 0.761. The van der Waals surface area contributed by atoms with Crippen molar-refractivity contribution in [3.05, 3.63) is 60.5 Å². The van der Waals surface area contributed by atoms with Crippen LogP contribution in [0.3, 0.4) is 0 Å². The first-order valence-electron chi connectivity index (χ1n) is 4.90. The Labute approximate surface area is 125 Å². The normalized spacial score (nSPS) is 10.3. The number of carbonyl (C=O) groups is 1. The van der Waals surface area contributed by atoms with Crippen molar-refractivity contribution in [2.24, 2.45) is 0 Å². The summed E-state index contributed by atoms with van der Waals surface area (Å²) in [6, 6.07) is 8.00. The van der Waals surface area contributed by atoms with Crippen LogP contribution in [0.2, 0.25) is 0 Å². The second-order valence-electron chi connectivity index (χ2n) is 3.53. The number of carboxylic acid groups (broad SMARTS) is 1. The van der Waals surface area contributed by atoms with Gasteiger partial charge in [0.05, 0.1) is 11.3 Å². The van der Waals surface area contributed by atoms with Gasteiger partial charge in [-0.1, -0.05) is 0 Å². The SMILES string of the molecule is O=C(O)c1ccc(=O)n(-c2ccc(I)cc2Br)c1. The number of benzene rings is 1. The van der Waals surface area contributed by atoms with E-state index in [-0.39, 0.29) is 11.1 Å². The highest BCUT2D eigenvalue weighted by molar-refractivity contribution is 14.1. The van der Waals surface area contributed by atoms with Gasteiger partial charge in [-0.2, -0.15) is 0 Å².